The smallest absolute Gasteiger partial charge is 0.250 e. The third-order valence-corrected chi connectivity index (χ3v) is 2.28. The minimum Gasteiger partial charge on any atom is -0.455 e. The maximum Gasteiger partial charge on any atom is 0.250 e. The highest BCUT2D eigenvalue weighted by Gasteiger charge is 2.06. The average molecular weight is 243 g/mol. The van der Waals surface area contributed by atoms with Gasteiger partial charge in [0, 0.05) is 0 Å². The zero-order valence-corrected chi connectivity index (χ0v) is 9.67. The van der Waals surface area contributed by atoms with E-state index in [-0.39, 0.29) is 0 Å². The molecule has 0 radical (unpaired) electrons. The van der Waals surface area contributed by atoms with Gasteiger partial charge >= 0.3 is 0 Å². The van der Waals surface area contributed by atoms with Gasteiger partial charge in [0.25, 0.3) is 0 Å². The van der Waals surface area contributed by atoms with Gasteiger partial charge in [-0.2, -0.15) is 0 Å². The normalized spacial score (nSPS) is 9.83. The molecule has 0 aromatic heterocycles. The second-order valence-corrected chi connectivity index (χ2v) is 3.62. The Morgan fingerprint density at radius 1 is 1.06 bits per heavy atom. The fourth-order valence-corrected chi connectivity index (χ4v) is 1.46. The van der Waals surface area contributed by atoms with Crippen molar-refractivity contribution >= 4 is 11.6 Å². The van der Waals surface area contributed by atoms with Crippen LogP contribution in [0.1, 0.15) is 0 Å². The molecule has 2 aromatic rings. The van der Waals surface area contributed by atoms with Gasteiger partial charge in [0.1, 0.15) is 12.4 Å². The Morgan fingerprint density at radius 2 is 1.72 bits per heavy atom. The fraction of sp³-hybridized carbons (Fsp3) is 0.0714. The number of rotatable bonds is 4. The number of para-hydroxylation sites is 3. The standard InChI is InChI=1S/C14H13NO3/c16-10-14(17)15-12-8-4-5-9-13(12)18-11-6-2-1-3-7-11/h1-9,16H,10H2,(H,15,17). The number of aliphatic hydroxyl groups excluding tert-OH is 1. The molecule has 1 amide bonds. The van der Waals surface area contributed by atoms with Crippen LogP contribution in [0, 0.1) is 0 Å². The first-order valence-corrected chi connectivity index (χ1v) is 5.52. The fourth-order valence-electron chi connectivity index (χ4n) is 1.46. The van der Waals surface area contributed by atoms with Crippen LogP contribution in [0.5, 0.6) is 11.5 Å². The highest BCUT2D eigenvalue weighted by atomic mass is 16.5. The van der Waals surface area contributed by atoms with Crippen LogP contribution in [0.25, 0.3) is 0 Å². The van der Waals surface area contributed by atoms with Crippen LogP contribution in [0.3, 0.4) is 0 Å². The number of benzene rings is 2. The Bertz CT molecular complexity index is 526. The summed E-state index contributed by atoms with van der Waals surface area (Å²) in [6.07, 6.45) is 0. The molecule has 0 unspecified atom stereocenters. The maximum absolute atomic E-state index is 11.2. The van der Waals surface area contributed by atoms with Crippen molar-refractivity contribution in [3.05, 3.63) is 54.6 Å². The molecular weight excluding hydrogens is 230 g/mol. The number of carbonyl (C=O) groups excluding carboxylic acids is 1. The predicted octanol–water partition coefficient (Wildman–Crippen LogP) is 2.41. The Labute approximate surface area is 105 Å². The molecule has 0 saturated carbocycles. The molecular formula is C14H13NO3. The summed E-state index contributed by atoms with van der Waals surface area (Å²) in [6.45, 7) is -0.556. The van der Waals surface area contributed by atoms with E-state index in [4.69, 9.17) is 9.84 Å². The van der Waals surface area contributed by atoms with Crippen molar-refractivity contribution < 1.29 is 14.6 Å². The molecule has 0 fully saturated rings. The van der Waals surface area contributed by atoms with Crippen LogP contribution in [0.4, 0.5) is 5.69 Å². The Hall–Kier alpha value is -2.33. The van der Waals surface area contributed by atoms with Crippen molar-refractivity contribution in [2.24, 2.45) is 0 Å². The quantitative estimate of drug-likeness (QED) is 0.867. The maximum atomic E-state index is 11.2. The molecule has 0 aliphatic rings. The molecule has 0 spiro atoms. The van der Waals surface area contributed by atoms with E-state index in [1.165, 1.54) is 0 Å². The molecule has 0 atom stereocenters. The predicted molar refractivity (Wildman–Crippen MR) is 68.7 cm³/mol. The third kappa shape index (κ3) is 3.09. The first-order chi connectivity index (χ1) is 8.79. The number of ether oxygens (including phenoxy) is 1. The van der Waals surface area contributed by atoms with Gasteiger partial charge in [0.15, 0.2) is 5.75 Å². The molecule has 0 aliphatic heterocycles. The van der Waals surface area contributed by atoms with Crippen LogP contribution in [0.15, 0.2) is 54.6 Å². The molecule has 0 aliphatic carbocycles. The second kappa shape index (κ2) is 5.84. The number of carbonyl (C=O) groups is 1. The van der Waals surface area contributed by atoms with E-state index < -0.39 is 12.5 Å². The zero-order valence-electron chi connectivity index (χ0n) is 9.67. The van der Waals surface area contributed by atoms with E-state index in [9.17, 15) is 4.79 Å². The number of amides is 1. The highest BCUT2D eigenvalue weighted by Crippen LogP contribution is 2.28. The van der Waals surface area contributed by atoms with Crippen LogP contribution in [0.2, 0.25) is 0 Å². The summed E-state index contributed by atoms with van der Waals surface area (Å²) in [5.41, 5.74) is 0.528. The van der Waals surface area contributed by atoms with E-state index in [2.05, 4.69) is 5.32 Å². The van der Waals surface area contributed by atoms with Gasteiger partial charge in [-0.15, -0.1) is 0 Å². The van der Waals surface area contributed by atoms with Crippen molar-refractivity contribution in [3.8, 4) is 11.5 Å². The lowest BCUT2D eigenvalue weighted by Crippen LogP contribution is -2.15. The summed E-state index contributed by atoms with van der Waals surface area (Å²) in [7, 11) is 0. The Kier molecular flexibility index (Phi) is 3.94. The summed E-state index contributed by atoms with van der Waals surface area (Å²) >= 11 is 0. The van der Waals surface area contributed by atoms with Crippen molar-refractivity contribution in [2.75, 3.05) is 11.9 Å². The second-order valence-electron chi connectivity index (χ2n) is 3.62. The average Bonchev–Trinajstić information content (AvgIpc) is 2.42. The van der Waals surface area contributed by atoms with Gasteiger partial charge in [0.2, 0.25) is 5.91 Å². The molecule has 2 N–H and O–H groups in total. The van der Waals surface area contributed by atoms with Gasteiger partial charge in [-0.25, -0.2) is 0 Å². The monoisotopic (exact) mass is 243 g/mol. The van der Waals surface area contributed by atoms with E-state index >= 15 is 0 Å². The summed E-state index contributed by atoms with van der Waals surface area (Å²) in [5, 5.41) is 11.3. The molecule has 0 heterocycles. The summed E-state index contributed by atoms with van der Waals surface area (Å²) in [6, 6.07) is 16.3. The van der Waals surface area contributed by atoms with Crippen molar-refractivity contribution in [3.63, 3.8) is 0 Å². The van der Waals surface area contributed by atoms with Gasteiger partial charge < -0.3 is 15.2 Å². The largest absolute Gasteiger partial charge is 0.455 e. The molecule has 0 saturated heterocycles. The third-order valence-electron chi connectivity index (χ3n) is 2.28. The summed E-state index contributed by atoms with van der Waals surface area (Å²) in [5.74, 6) is 0.743. The molecule has 4 heteroatoms. The van der Waals surface area contributed by atoms with Crippen molar-refractivity contribution in [2.45, 2.75) is 0 Å². The van der Waals surface area contributed by atoms with Crippen LogP contribution >= 0.6 is 0 Å². The number of hydrogen-bond donors (Lipinski definition) is 2. The van der Waals surface area contributed by atoms with Gasteiger partial charge in [-0.1, -0.05) is 30.3 Å². The first-order valence-electron chi connectivity index (χ1n) is 5.52. The lowest BCUT2D eigenvalue weighted by atomic mass is 10.3. The van der Waals surface area contributed by atoms with Gasteiger partial charge in [0.05, 0.1) is 5.69 Å². The van der Waals surface area contributed by atoms with Crippen LogP contribution in [-0.4, -0.2) is 17.6 Å². The topological polar surface area (TPSA) is 58.6 Å². The SMILES string of the molecule is O=C(CO)Nc1ccccc1Oc1ccccc1. The number of anilines is 1. The van der Waals surface area contributed by atoms with Crippen molar-refractivity contribution in [1.82, 2.24) is 0 Å². The minimum atomic E-state index is -0.556. The molecule has 18 heavy (non-hydrogen) atoms. The first kappa shape index (κ1) is 12.1. The lowest BCUT2D eigenvalue weighted by molar-refractivity contribution is -0.118. The minimum absolute atomic E-state index is 0.473. The molecule has 2 aromatic carbocycles. The number of nitrogens with one attached hydrogen (secondary N) is 1. The van der Waals surface area contributed by atoms with E-state index in [0.717, 1.165) is 0 Å². The van der Waals surface area contributed by atoms with E-state index in [0.29, 0.717) is 17.2 Å². The molecule has 4 nitrogen and oxygen atoms in total. The summed E-state index contributed by atoms with van der Waals surface area (Å²) in [4.78, 5) is 11.2. The molecule has 92 valence electrons. The molecule has 2 rings (SSSR count). The van der Waals surface area contributed by atoms with E-state index in [1.807, 2.05) is 36.4 Å². The Morgan fingerprint density at radius 3 is 2.44 bits per heavy atom. The molecule has 0 bridgehead atoms. The van der Waals surface area contributed by atoms with Crippen molar-refractivity contribution in [1.29, 1.82) is 0 Å². The van der Waals surface area contributed by atoms with Gasteiger partial charge in [-0.3, -0.25) is 4.79 Å². The number of aliphatic hydroxyl groups is 1. The zero-order chi connectivity index (χ0) is 12.8. The van der Waals surface area contributed by atoms with Gasteiger partial charge in [-0.05, 0) is 24.3 Å². The van der Waals surface area contributed by atoms with E-state index in [1.54, 1.807) is 18.2 Å². The Balaban J connectivity index is 2.20. The lowest BCUT2D eigenvalue weighted by Gasteiger charge is -2.11. The number of hydrogen-bond acceptors (Lipinski definition) is 3. The van der Waals surface area contributed by atoms with Crippen LogP contribution < -0.4 is 10.1 Å². The summed E-state index contributed by atoms with van der Waals surface area (Å²) < 4.78 is 5.66. The van der Waals surface area contributed by atoms with Crippen LogP contribution in [-0.2, 0) is 4.79 Å². The highest BCUT2D eigenvalue weighted by molar-refractivity contribution is 5.93.